The lowest BCUT2D eigenvalue weighted by atomic mass is 10.0. The zero-order valence-corrected chi connectivity index (χ0v) is 15.2. The van der Waals surface area contributed by atoms with Crippen LogP contribution in [-0.4, -0.2) is 33.6 Å². The second-order valence-electron chi connectivity index (χ2n) is 6.75. The van der Waals surface area contributed by atoms with Crippen LogP contribution in [0.25, 0.3) is 10.9 Å². The van der Waals surface area contributed by atoms with Crippen LogP contribution in [0.5, 0.6) is 0 Å². The number of hydrogen-bond donors (Lipinski definition) is 1. The molecule has 1 N–H and O–H groups in total. The number of carbonyl (C=O) groups is 3. The lowest BCUT2D eigenvalue weighted by molar-refractivity contribution is -0.136. The molecule has 1 fully saturated rings. The SMILES string of the molecule is O=C1CCC(N2Cc3ccccc3C2=O)C(=O)N1.c1ccc2ncccc2c1. The molecule has 1 aromatic heterocycles. The Bertz CT molecular complexity index is 998. The predicted octanol–water partition coefficient (Wildman–Crippen LogP) is 2.68. The molecule has 0 spiro atoms. The van der Waals surface area contributed by atoms with E-state index in [1.165, 1.54) is 5.39 Å². The zero-order chi connectivity index (χ0) is 19.5. The minimum Gasteiger partial charge on any atom is -0.322 e. The number of nitrogens with one attached hydrogen (secondary N) is 1. The third kappa shape index (κ3) is 3.49. The van der Waals surface area contributed by atoms with Crippen molar-refractivity contribution in [3.05, 3.63) is 78.0 Å². The standard InChI is InChI=1S/C13H12N2O3.C9H7N/c16-11-6-5-10(12(17)14-11)15-7-8-3-1-2-4-9(8)13(15)18;1-2-6-9-8(4-1)5-3-7-10-9/h1-4,10H,5-7H2,(H,14,16,17);1-7H. The number of imide groups is 1. The number of hydrogen-bond acceptors (Lipinski definition) is 4. The predicted molar refractivity (Wildman–Crippen MR) is 104 cm³/mol. The van der Waals surface area contributed by atoms with Crippen molar-refractivity contribution < 1.29 is 14.4 Å². The fraction of sp³-hybridized carbons (Fsp3) is 0.182. The molecule has 0 bridgehead atoms. The number of benzene rings is 2. The molecule has 1 saturated heterocycles. The Labute approximate surface area is 162 Å². The van der Waals surface area contributed by atoms with Gasteiger partial charge in [-0.05, 0) is 30.2 Å². The number of aromatic nitrogens is 1. The van der Waals surface area contributed by atoms with Crippen molar-refractivity contribution in [2.45, 2.75) is 25.4 Å². The molecule has 3 amide bonds. The summed E-state index contributed by atoms with van der Waals surface area (Å²) in [6, 6.07) is 18.9. The molecule has 3 aromatic rings. The Hall–Kier alpha value is -3.54. The van der Waals surface area contributed by atoms with Crippen LogP contribution in [0.3, 0.4) is 0 Å². The van der Waals surface area contributed by atoms with Gasteiger partial charge in [-0.3, -0.25) is 24.7 Å². The Balaban J connectivity index is 0.000000162. The van der Waals surface area contributed by atoms with Crippen LogP contribution < -0.4 is 5.32 Å². The molecule has 28 heavy (non-hydrogen) atoms. The Kier molecular flexibility index (Phi) is 4.85. The van der Waals surface area contributed by atoms with Crippen molar-refractivity contribution in [2.24, 2.45) is 0 Å². The maximum absolute atomic E-state index is 12.2. The zero-order valence-electron chi connectivity index (χ0n) is 15.2. The number of nitrogens with zero attached hydrogens (tertiary/aromatic N) is 2. The fourth-order valence-corrected chi connectivity index (χ4v) is 3.52. The topological polar surface area (TPSA) is 79.4 Å². The van der Waals surface area contributed by atoms with E-state index in [0.717, 1.165) is 11.1 Å². The van der Waals surface area contributed by atoms with Gasteiger partial charge < -0.3 is 4.90 Å². The van der Waals surface area contributed by atoms with Gasteiger partial charge in [-0.15, -0.1) is 0 Å². The average Bonchev–Trinajstić information content (AvgIpc) is 3.05. The van der Waals surface area contributed by atoms with Crippen LogP contribution in [0.15, 0.2) is 66.9 Å². The summed E-state index contributed by atoms with van der Waals surface area (Å²) in [6.45, 7) is 0.446. The summed E-state index contributed by atoms with van der Waals surface area (Å²) in [4.78, 5) is 40.8. The van der Waals surface area contributed by atoms with Gasteiger partial charge in [-0.2, -0.15) is 0 Å². The van der Waals surface area contributed by atoms with Crippen molar-refractivity contribution >= 4 is 28.6 Å². The summed E-state index contributed by atoms with van der Waals surface area (Å²) in [5.41, 5.74) is 2.65. The van der Waals surface area contributed by atoms with E-state index in [-0.39, 0.29) is 24.1 Å². The normalized spacial score (nSPS) is 18.4. The molecular formula is C22H19N3O3. The monoisotopic (exact) mass is 373 g/mol. The fourth-order valence-electron chi connectivity index (χ4n) is 3.52. The van der Waals surface area contributed by atoms with Crippen LogP contribution in [-0.2, 0) is 16.1 Å². The number of para-hydroxylation sites is 1. The molecule has 2 aliphatic heterocycles. The van der Waals surface area contributed by atoms with E-state index in [2.05, 4.69) is 22.4 Å². The Morgan fingerprint density at radius 1 is 0.929 bits per heavy atom. The molecule has 1 atom stereocenters. The maximum atomic E-state index is 12.2. The highest BCUT2D eigenvalue weighted by Gasteiger charge is 2.38. The van der Waals surface area contributed by atoms with Gasteiger partial charge in [0.2, 0.25) is 11.8 Å². The summed E-state index contributed by atoms with van der Waals surface area (Å²) in [5.74, 6) is -0.757. The molecule has 5 rings (SSSR count). The van der Waals surface area contributed by atoms with Crippen molar-refractivity contribution in [3.8, 4) is 0 Å². The van der Waals surface area contributed by atoms with E-state index < -0.39 is 6.04 Å². The van der Waals surface area contributed by atoms with Gasteiger partial charge in [0, 0.05) is 30.1 Å². The minimum atomic E-state index is -0.525. The first-order valence-electron chi connectivity index (χ1n) is 9.16. The first kappa shape index (κ1) is 17.9. The van der Waals surface area contributed by atoms with E-state index in [1.54, 1.807) is 11.0 Å². The number of rotatable bonds is 1. The van der Waals surface area contributed by atoms with Crippen molar-refractivity contribution in [2.75, 3.05) is 0 Å². The number of carbonyl (C=O) groups excluding carboxylic acids is 3. The highest BCUT2D eigenvalue weighted by Crippen LogP contribution is 2.26. The van der Waals surface area contributed by atoms with Crippen molar-refractivity contribution in [3.63, 3.8) is 0 Å². The second kappa shape index (κ2) is 7.60. The lowest BCUT2D eigenvalue weighted by Crippen LogP contribution is -2.52. The van der Waals surface area contributed by atoms with E-state index in [4.69, 9.17) is 0 Å². The smallest absolute Gasteiger partial charge is 0.255 e. The van der Waals surface area contributed by atoms with E-state index in [1.807, 2.05) is 48.7 Å². The van der Waals surface area contributed by atoms with Crippen LogP contribution >= 0.6 is 0 Å². The quantitative estimate of drug-likeness (QED) is 0.665. The third-order valence-electron chi connectivity index (χ3n) is 4.95. The van der Waals surface area contributed by atoms with E-state index in [9.17, 15) is 14.4 Å². The van der Waals surface area contributed by atoms with Crippen LogP contribution in [0.1, 0.15) is 28.8 Å². The maximum Gasteiger partial charge on any atom is 0.255 e. The first-order valence-corrected chi connectivity index (χ1v) is 9.16. The molecule has 0 radical (unpaired) electrons. The van der Waals surface area contributed by atoms with Gasteiger partial charge in [-0.25, -0.2) is 0 Å². The van der Waals surface area contributed by atoms with Gasteiger partial charge >= 0.3 is 0 Å². The minimum absolute atomic E-state index is 0.125. The van der Waals surface area contributed by atoms with Gasteiger partial charge in [0.15, 0.2) is 0 Å². The van der Waals surface area contributed by atoms with Gasteiger partial charge in [-0.1, -0.05) is 42.5 Å². The third-order valence-corrected chi connectivity index (χ3v) is 4.95. The summed E-state index contributed by atoms with van der Waals surface area (Å²) in [6.07, 6.45) is 2.50. The molecule has 1 unspecified atom stereocenters. The molecular weight excluding hydrogens is 354 g/mol. The molecule has 0 saturated carbocycles. The highest BCUT2D eigenvalue weighted by atomic mass is 16.2. The highest BCUT2D eigenvalue weighted by molar-refractivity contribution is 6.05. The van der Waals surface area contributed by atoms with E-state index in [0.29, 0.717) is 18.5 Å². The molecule has 6 nitrogen and oxygen atoms in total. The lowest BCUT2D eigenvalue weighted by Gasteiger charge is -2.29. The van der Waals surface area contributed by atoms with Crippen molar-refractivity contribution in [1.82, 2.24) is 15.2 Å². The van der Waals surface area contributed by atoms with Gasteiger partial charge in [0.1, 0.15) is 6.04 Å². The molecule has 140 valence electrons. The summed E-state index contributed by atoms with van der Waals surface area (Å²) < 4.78 is 0. The van der Waals surface area contributed by atoms with E-state index >= 15 is 0 Å². The Morgan fingerprint density at radius 2 is 1.68 bits per heavy atom. The molecule has 6 heteroatoms. The van der Waals surface area contributed by atoms with Crippen LogP contribution in [0.2, 0.25) is 0 Å². The van der Waals surface area contributed by atoms with Crippen LogP contribution in [0.4, 0.5) is 0 Å². The number of fused-ring (bicyclic) bond motifs is 2. The molecule has 3 heterocycles. The average molecular weight is 373 g/mol. The van der Waals surface area contributed by atoms with Crippen LogP contribution in [0, 0.1) is 0 Å². The molecule has 0 aliphatic carbocycles. The van der Waals surface area contributed by atoms with Gasteiger partial charge in [0.25, 0.3) is 5.91 Å². The number of pyridine rings is 1. The Morgan fingerprint density at radius 3 is 2.46 bits per heavy atom. The molecule has 2 aliphatic rings. The second-order valence-corrected chi connectivity index (χ2v) is 6.75. The first-order chi connectivity index (χ1) is 13.6. The molecule has 2 aromatic carbocycles. The summed E-state index contributed by atoms with van der Waals surface area (Å²) >= 11 is 0. The number of piperidine rings is 1. The number of amides is 3. The largest absolute Gasteiger partial charge is 0.322 e. The van der Waals surface area contributed by atoms with Gasteiger partial charge in [0.05, 0.1) is 5.52 Å². The van der Waals surface area contributed by atoms with Crippen molar-refractivity contribution in [1.29, 1.82) is 0 Å². The summed E-state index contributed by atoms with van der Waals surface area (Å²) in [5, 5.41) is 3.48. The summed E-state index contributed by atoms with van der Waals surface area (Å²) in [7, 11) is 0.